The summed E-state index contributed by atoms with van der Waals surface area (Å²) in [6.07, 6.45) is 0. The van der Waals surface area contributed by atoms with Crippen LogP contribution >= 0.6 is 0 Å². The molecular formula is C50H30N2O. The molecular weight excluding hydrogens is 645 g/mol. The van der Waals surface area contributed by atoms with Gasteiger partial charge in [-0.1, -0.05) is 164 Å². The fourth-order valence-electron chi connectivity index (χ4n) is 9.53. The van der Waals surface area contributed by atoms with Gasteiger partial charge in [-0.25, -0.2) is 4.98 Å². The van der Waals surface area contributed by atoms with E-state index in [9.17, 15) is 0 Å². The second kappa shape index (κ2) is 10.5. The third kappa shape index (κ3) is 3.70. The molecule has 2 aliphatic rings. The summed E-state index contributed by atoms with van der Waals surface area (Å²) in [6, 6.07) is 65.7. The van der Waals surface area contributed by atoms with Gasteiger partial charge >= 0.3 is 0 Å². The Balaban J connectivity index is 1.29. The molecule has 3 heteroatoms. The molecule has 8 aromatic carbocycles. The number of para-hydroxylation sites is 2. The predicted octanol–water partition coefficient (Wildman–Crippen LogP) is 12.6. The number of fused-ring (bicyclic) bond motifs is 16. The summed E-state index contributed by atoms with van der Waals surface area (Å²) in [5.74, 6) is 2.59. The number of pyridine rings is 1. The molecule has 0 amide bonds. The quantitative estimate of drug-likeness (QED) is 0.182. The lowest BCUT2D eigenvalue weighted by Gasteiger charge is -2.39. The van der Waals surface area contributed by atoms with Gasteiger partial charge in [-0.05, 0) is 57.0 Å². The molecule has 0 radical (unpaired) electrons. The van der Waals surface area contributed by atoms with E-state index in [1.165, 1.54) is 38.4 Å². The summed E-state index contributed by atoms with van der Waals surface area (Å²) < 4.78 is 9.65. The number of benzene rings is 8. The molecule has 1 aliphatic carbocycles. The first-order valence-corrected chi connectivity index (χ1v) is 18.2. The second-order valence-electron chi connectivity index (χ2n) is 14.2. The Kier molecular flexibility index (Phi) is 5.70. The lowest BCUT2D eigenvalue weighted by atomic mass is 9.66. The fourth-order valence-corrected chi connectivity index (χ4v) is 9.53. The molecule has 0 N–H and O–H groups in total. The zero-order chi connectivity index (χ0) is 34.7. The van der Waals surface area contributed by atoms with Crippen LogP contribution in [0.2, 0.25) is 0 Å². The lowest BCUT2D eigenvalue weighted by Crippen LogP contribution is -2.32. The number of ether oxygens (including phenoxy) is 1. The van der Waals surface area contributed by atoms with E-state index in [0.29, 0.717) is 0 Å². The molecule has 0 bridgehead atoms. The van der Waals surface area contributed by atoms with Gasteiger partial charge in [0.15, 0.2) is 5.75 Å². The average molecular weight is 675 g/mol. The van der Waals surface area contributed by atoms with Crippen LogP contribution in [0.5, 0.6) is 11.5 Å². The summed E-state index contributed by atoms with van der Waals surface area (Å²) in [6.45, 7) is 0. The van der Waals surface area contributed by atoms with E-state index in [-0.39, 0.29) is 0 Å². The maximum Gasteiger partial charge on any atom is 0.156 e. The molecule has 0 unspecified atom stereocenters. The van der Waals surface area contributed by atoms with Gasteiger partial charge in [-0.2, -0.15) is 0 Å². The maximum atomic E-state index is 7.27. The van der Waals surface area contributed by atoms with Crippen molar-refractivity contribution in [2.45, 2.75) is 5.41 Å². The van der Waals surface area contributed by atoms with Crippen molar-refractivity contribution >= 4 is 43.5 Å². The van der Waals surface area contributed by atoms with E-state index < -0.39 is 5.41 Å². The number of hydrogen-bond acceptors (Lipinski definition) is 2. The fraction of sp³-hybridized carbons (Fsp3) is 0.0200. The van der Waals surface area contributed by atoms with Gasteiger partial charge in [0.1, 0.15) is 11.6 Å². The third-order valence-electron chi connectivity index (χ3n) is 11.6. The second-order valence-corrected chi connectivity index (χ2v) is 14.2. The first-order chi connectivity index (χ1) is 26.3. The smallest absolute Gasteiger partial charge is 0.156 e. The molecule has 0 saturated carbocycles. The van der Waals surface area contributed by atoms with E-state index in [0.717, 1.165) is 66.9 Å². The van der Waals surface area contributed by atoms with Crippen molar-refractivity contribution in [3.05, 3.63) is 204 Å². The highest BCUT2D eigenvalue weighted by molar-refractivity contribution is 6.20. The van der Waals surface area contributed by atoms with Crippen molar-refractivity contribution in [1.29, 1.82) is 0 Å². The Morgan fingerprint density at radius 3 is 1.87 bits per heavy atom. The number of hydrogen-bond donors (Lipinski definition) is 0. The minimum Gasteiger partial charge on any atom is -0.454 e. The molecule has 1 spiro atoms. The normalized spacial score (nSPS) is 13.6. The molecule has 0 fully saturated rings. The maximum absolute atomic E-state index is 7.27. The van der Waals surface area contributed by atoms with Gasteiger partial charge in [0.05, 0.1) is 22.0 Å². The van der Waals surface area contributed by atoms with E-state index in [1.54, 1.807) is 0 Å². The Labute approximate surface area is 306 Å². The van der Waals surface area contributed by atoms with Crippen molar-refractivity contribution in [3.8, 4) is 39.6 Å². The van der Waals surface area contributed by atoms with Crippen molar-refractivity contribution in [2.75, 3.05) is 0 Å². The zero-order valence-electron chi connectivity index (χ0n) is 28.6. The Morgan fingerprint density at radius 1 is 0.434 bits per heavy atom. The van der Waals surface area contributed by atoms with Crippen LogP contribution in [0.1, 0.15) is 22.3 Å². The van der Waals surface area contributed by atoms with Gasteiger partial charge in [0.25, 0.3) is 0 Å². The zero-order valence-corrected chi connectivity index (χ0v) is 28.6. The monoisotopic (exact) mass is 674 g/mol. The molecule has 12 rings (SSSR count). The highest BCUT2D eigenvalue weighted by atomic mass is 16.5. The summed E-state index contributed by atoms with van der Waals surface area (Å²) in [5, 5.41) is 5.78. The largest absolute Gasteiger partial charge is 0.454 e. The SMILES string of the molecule is c1ccc(-c2cc(-n3c4c5c(ccc4c4ccc6ccccc6c43)C3(c4ccccc4O5)c4ccccc4-c4ccccc43)nc3ccccc23)cc1. The number of nitrogens with zero attached hydrogens (tertiary/aromatic N) is 2. The molecule has 1 aliphatic heterocycles. The summed E-state index contributed by atoms with van der Waals surface area (Å²) in [4.78, 5) is 5.47. The predicted molar refractivity (Wildman–Crippen MR) is 216 cm³/mol. The molecule has 3 heterocycles. The van der Waals surface area contributed by atoms with Crippen molar-refractivity contribution in [3.63, 3.8) is 0 Å². The number of aromatic nitrogens is 2. The van der Waals surface area contributed by atoms with E-state index in [1.807, 2.05) is 0 Å². The number of rotatable bonds is 2. The summed E-state index contributed by atoms with van der Waals surface area (Å²) in [7, 11) is 0. The summed E-state index contributed by atoms with van der Waals surface area (Å²) >= 11 is 0. The molecule has 246 valence electrons. The van der Waals surface area contributed by atoms with E-state index in [4.69, 9.17) is 9.72 Å². The van der Waals surface area contributed by atoms with Gasteiger partial charge in [-0.15, -0.1) is 0 Å². The molecule has 10 aromatic rings. The van der Waals surface area contributed by atoms with Crippen LogP contribution in [0, 0.1) is 0 Å². The highest BCUT2D eigenvalue weighted by Crippen LogP contribution is 2.63. The van der Waals surface area contributed by atoms with Crippen LogP contribution in [-0.2, 0) is 5.41 Å². The van der Waals surface area contributed by atoms with Crippen molar-refractivity contribution in [1.82, 2.24) is 9.55 Å². The van der Waals surface area contributed by atoms with Gasteiger partial charge < -0.3 is 4.74 Å². The Morgan fingerprint density at radius 2 is 1.06 bits per heavy atom. The van der Waals surface area contributed by atoms with Crippen LogP contribution in [0.25, 0.3) is 71.6 Å². The van der Waals surface area contributed by atoms with Crippen LogP contribution < -0.4 is 4.74 Å². The highest BCUT2D eigenvalue weighted by Gasteiger charge is 2.51. The van der Waals surface area contributed by atoms with Crippen molar-refractivity contribution in [2.24, 2.45) is 0 Å². The first-order valence-electron chi connectivity index (χ1n) is 18.2. The van der Waals surface area contributed by atoms with Crippen molar-refractivity contribution < 1.29 is 4.74 Å². The molecule has 0 atom stereocenters. The van der Waals surface area contributed by atoms with Crippen LogP contribution in [0.4, 0.5) is 0 Å². The average Bonchev–Trinajstić information content (AvgIpc) is 3.73. The van der Waals surface area contributed by atoms with Crippen LogP contribution in [-0.4, -0.2) is 9.55 Å². The molecule has 2 aromatic heterocycles. The topological polar surface area (TPSA) is 27.1 Å². The summed E-state index contributed by atoms with van der Waals surface area (Å²) in [5.41, 5.74) is 12.2. The van der Waals surface area contributed by atoms with E-state index >= 15 is 0 Å². The van der Waals surface area contributed by atoms with Crippen LogP contribution in [0.3, 0.4) is 0 Å². The van der Waals surface area contributed by atoms with E-state index in [2.05, 4.69) is 187 Å². The lowest BCUT2D eigenvalue weighted by molar-refractivity contribution is 0.440. The van der Waals surface area contributed by atoms with Gasteiger partial charge in [0, 0.05) is 32.7 Å². The molecule has 0 saturated heterocycles. The van der Waals surface area contributed by atoms with Gasteiger partial charge in [0.2, 0.25) is 0 Å². The Hall–Kier alpha value is -6.97. The Bertz CT molecular complexity index is 3110. The molecule has 53 heavy (non-hydrogen) atoms. The first kappa shape index (κ1) is 28.7. The third-order valence-corrected chi connectivity index (χ3v) is 11.6. The molecule has 3 nitrogen and oxygen atoms in total. The minimum atomic E-state index is -0.569. The van der Waals surface area contributed by atoms with Gasteiger partial charge in [-0.3, -0.25) is 4.57 Å². The minimum absolute atomic E-state index is 0.569. The standard InChI is InChI=1S/C50H30N2O/c1-2-14-31(15-3-1)39-30-46(51-44-24-12-8-20-36(39)44)52-47-33-17-5-4-16-32(33)26-27-37(47)38-28-29-43-49(48(38)52)53-45-25-13-11-23-42(45)50(43)40-21-9-6-18-34(40)35-19-7-10-22-41(35)50/h1-30H. The van der Waals surface area contributed by atoms with Crippen LogP contribution in [0.15, 0.2) is 182 Å².